The first-order valence-electron chi connectivity index (χ1n) is 7.52. The summed E-state index contributed by atoms with van der Waals surface area (Å²) >= 11 is 0. The van der Waals surface area contributed by atoms with E-state index in [4.69, 9.17) is 15.2 Å². The highest BCUT2D eigenvalue weighted by molar-refractivity contribution is 5.00. The monoisotopic (exact) mass is 254 g/mol. The Balaban J connectivity index is 1.79. The Hall–Kier alpha value is -0.160. The molecular formula is C14H26N2O2. The second-order valence-electron chi connectivity index (χ2n) is 6.00. The molecule has 0 bridgehead atoms. The van der Waals surface area contributed by atoms with Crippen LogP contribution in [0.1, 0.15) is 38.5 Å². The molecule has 3 aliphatic rings. The number of hydrogen-bond donors (Lipinski definition) is 1. The molecule has 2 atom stereocenters. The average molecular weight is 254 g/mol. The van der Waals surface area contributed by atoms with E-state index in [2.05, 4.69) is 4.90 Å². The van der Waals surface area contributed by atoms with Gasteiger partial charge in [-0.25, -0.2) is 0 Å². The molecule has 2 heterocycles. The minimum atomic E-state index is 0.183. The van der Waals surface area contributed by atoms with Crippen molar-refractivity contribution in [3.63, 3.8) is 0 Å². The van der Waals surface area contributed by atoms with E-state index in [1.165, 1.54) is 25.7 Å². The number of morpholine rings is 1. The normalized spacial score (nSPS) is 37.2. The van der Waals surface area contributed by atoms with Gasteiger partial charge in [-0.15, -0.1) is 0 Å². The van der Waals surface area contributed by atoms with Crippen LogP contribution >= 0.6 is 0 Å². The molecule has 2 aliphatic heterocycles. The van der Waals surface area contributed by atoms with Gasteiger partial charge in [0.1, 0.15) is 0 Å². The minimum Gasteiger partial charge on any atom is -0.381 e. The van der Waals surface area contributed by atoms with Crippen LogP contribution in [0.2, 0.25) is 0 Å². The summed E-state index contributed by atoms with van der Waals surface area (Å²) in [5.74, 6) is 0. The number of ether oxygens (including phenoxy) is 2. The van der Waals surface area contributed by atoms with Gasteiger partial charge in [-0.2, -0.15) is 0 Å². The largest absolute Gasteiger partial charge is 0.381 e. The first-order chi connectivity index (χ1) is 8.86. The molecule has 0 aromatic heterocycles. The van der Waals surface area contributed by atoms with Crippen LogP contribution in [0.3, 0.4) is 0 Å². The van der Waals surface area contributed by atoms with Crippen LogP contribution in [0.25, 0.3) is 0 Å². The summed E-state index contributed by atoms with van der Waals surface area (Å²) in [7, 11) is 0. The van der Waals surface area contributed by atoms with Crippen LogP contribution in [0, 0.1) is 0 Å². The number of nitrogens with two attached hydrogens (primary N) is 1. The van der Waals surface area contributed by atoms with Crippen LogP contribution in [-0.4, -0.2) is 55.5 Å². The van der Waals surface area contributed by atoms with Gasteiger partial charge in [0.25, 0.3) is 0 Å². The molecule has 3 rings (SSSR count). The molecule has 0 amide bonds. The Bertz CT molecular complexity index is 277. The molecule has 0 aromatic rings. The Kier molecular flexibility index (Phi) is 3.89. The summed E-state index contributed by atoms with van der Waals surface area (Å²) in [6.45, 7) is 4.43. The Morgan fingerprint density at radius 2 is 1.89 bits per heavy atom. The van der Waals surface area contributed by atoms with Gasteiger partial charge in [0.05, 0.1) is 12.7 Å². The molecular weight excluding hydrogens is 228 g/mol. The van der Waals surface area contributed by atoms with Gasteiger partial charge in [-0.3, -0.25) is 4.90 Å². The lowest BCUT2D eigenvalue weighted by Crippen LogP contribution is -2.66. The number of rotatable bonds is 2. The Morgan fingerprint density at radius 1 is 1.11 bits per heavy atom. The van der Waals surface area contributed by atoms with Crippen molar-refractivity contribution in [3.05, 3.63) is 0 Å². The third kappa shape index (κ3) is 2.20. The fourth-order valence-corrected chi connectivity index (χ4v) is 4.05. The Labute approximate surface area is 110 Å². The second kappa shape index (κ2) is 5.45. The third-order valence-corrected chi connectivity index (χ3v) is 5.14. The molecule has 18 heavy (non-hydrogen) atoms. The number of nitrogens with zero attached hydrogens (tertiary/aromatic N) is 1. The van der Waals surface area contributed by atoms with Gasteiger partial charge in [0.2, 0.25) is 0 Å². The second-order valence-corrected chi connectivity index (χ2v) is 6.00. The van der Waals surface area contributed by atoms with Gasteiger partial charge in [0, 0.05) is 37.9 Å². The molecule has 0 spiro atoms. The van der Waals surface area contributed by atoms with E-state index in [0.29, 0.717) is 12.1 Å². The van der Waals surface area contributed by atoms with E-state index >= 15 is 0 Å². The van der Waals surface area contributed by atoms with Crippen molar-refractivity contribution >= 4 is 0 Å². The SMILES string of the molecule is NCC1(N2CCOC3CCCCC32)CCOCC1. The molecule has 3 fully saturated rings. The zero-order valence-electron chi connectivity index (χ0n) is 11.3. The highest BCUT2D eigenvalue weighted by atomic mass is 16.5. The van der Waals surface area contributed by atoms with Gasteiger partial charge in [-0.1, -0.05) is 12.8 Å². The summed E-state index contributed by atoms with van der Waals surface area (Å²) in [4.78, 5) is 2.70. The zero-order valence-corrected chi connectivity index (χ0v) is 11.3. The quantitative estimate of drug-likeness (QED) is 0.803. The summed E-state index contributed by atoms with van der Waals surface area (Å²) < 4.78 is 11.5. The van der Waals surface area contributed by atoms with Crippen molar-refractivity contribution < 1.29 is 9.47 Å². The molecule has 104 valence electrons. The van der Waals surface area contributed by atoms with Crippen molar-refractivity contribution in [2.75, 3.05) is 32.9 Å². The molecule has 0 aromatic carbocycles. The van der Waals surface area contributed by atoms with Crippen LogP contribution in [0.5, 0.6) is 0 Å². The first-order valence-corrected chi connectivity index (χ1v) is 7.52. The topological polar surface area (TPSA) is 47.7 Å². The first kappa shape index (κ1) is 12.9. The van der Waals surface area contributed by atoms with Crippen molar-refractivity contribution in [1.29, 1.82) is 0 Å². The molecule has 0 radical (unpaired) electrons. The summed E-state index contributed by atoms with van der Waals surface area (Å²) in [5, 5.41) is 0. The molecule has 4 nitrogen and oxygen atoms in total. The predicted octanol–water partition coefficient (Wildman–Crippen LogP) is 1.14. The summed E-state index contributed by atoms with van der Waals surface area (Å²) in [6.07, 6.45) is 7.83. The van der Waals surface area contributed by atoms with Crippen molar-refractivity contribution in [1.82, 2.24) is 4.90 Å². The van der Waals surface area contributed by atoms with Gasteiger partial charge in [-0.05, 0) is 25.7 Å². The number of hydrogen-bond acceptors (Lipinski definition) is 4. The summed E-state index contributed by atoms with van der Waals surface area (Å²) in [5.41, 5.74) is 6.34. The Morgan fingerprint density at radius 3 is 2.67 bits per heavy atom. The maximum atomic E-state index is 6.15. The highest BCUT2D eigenvalue weighted by Gasteiger charge is 2.45. The average Bonchev–Trinajstić information content (AvgIpc) is 2.47. The predicted molar refractivity (Wildman–Crippen MR) is 70.5 cm³/mol. The zero-order chi connectivity index (χ0) is 12.4. The molecule has 1 saturated carbocycles. The van der Waals surface area contributed by atoms with Gasteiger partial charge < -0.3 is 15.2 Å². The summed E-state index contributed by atoms with van der Waals surface area (Å²) in [6, 6.07) is 0.606. The van der Waals surface area contributed by atoms with Gasteiger partial charge >= 0.3 is 0 Å². The lowest BCUT2D eigenvalue weighted by atomic mass is 9.81. The standard InChI is InChI=1S/C14H26N2O2/c15-11-14(5-8-17-9-6-14)16-7-10-18-13-4-2-1-3-12(13)16/h12-13H,1-11,15H2. The van der Waals surface area contributed by atoms with E-state index in [9.17, 15) is 0 Å². The fourth-order valence-electron chi connectivity index (χ4n) is 4.05. The number of fused-ring (bicyclic) bond motifs is 1. The smallest absolute Gasteiger partial charge is 0.0731 e. The minimum absolute atomic E-state index is 0.183. The molecule has 2 unspecified atom stereocenters. The van der Waals surface area contributed by atoms with E-state index in [1.54, 1.807) is 0 Å². The van der Waals surface area contributed by atoms with Crippen molar-refractivity contribution in [2.24, 2.45) is 5.73 Å². The maximum Gasteiger partial charge on any atom is 0.0731 e. The molecule has 1 aliphatic carbocycles. The van der Waals surface area contributed by atoms with E-state index in [0.717, 1.165) is 45.8 Å². The van der Waals surface area contributed by atoms with E-state index in [-0.39, 0.29) is 5.54 Å². The molecule has 4 heteroatoms. The fraction of sp³-hybridized carbons (Fsp3) is 1.00. The third-order valence-electron chi connectivity index (χ3n) is 5.14. The lowest BCUT2D eigenvalue weighted by molar-refractivity contribution is -0.143. The van der Waals surface area contributed by atoms with Crippen molar-refractivity contribution in [2.45, 2.75) is 56.2 Å². The maximum absolute atomic E-state index is 6.15. The molecule has 2 saturated heterocycles. The van der Waals surface area contributed by atoms with Gasteiger partial charge in [0.15, 0.2) is 0 Å². The van der Waals surface area contributed by atoms with Crippen LogP contribution in [0.4, 0.5) is 0 Å². The van der Waals surface area contributed by atoms with E-state index in [1.807, 2.05) is 0 Å². The lowest BCUT2D eigenvalue weighted by Gasteiger charge is -2.54. The molecule has 2 N–H and O–H groups in total. The highest BCUT2D eigenvalue weighted by Crippen LogP contribution is 2.36. The van der Waals surface area contributed by atoms with Crippen LogP contribution in [-0.2, 0) is 9.47 Å². The van der Waals surface area contributed by atoms with E-state index < -0.39 is 0 Å². The van der Waals surface area contributed by atoms with Crippen LogP contribution in [0.15, 0.2) is 0 Å². The van der Waals surface area contributed by atoms with Crippen LogP contribution < -0.4 is 5.73 Å². The van der Waals surface area contributed by atoms with Crippen molar-refractivity contribution in [3.8, 4) is 0 Å².